The van der Waals surface area contributed by atoms with E-state index in [0.717, 1.165) is 6.61 Å². The Labute approximate surface area is 105 Å². The summed E-state index contributed by atoms with van der Waals surface area (Å²) in [6.07, 6.45) is 5.00. The van der Waals surface area contributed by atoms with Crippen molar-refractivity contribution in [2.45, 2.75) is 58.7 Å². The zero-order valence-corrected chi connectivity index (χ0v) is 12.2. The van der Waals surface area contributed by atoms with Gasteiger partial charge in [0.1, 0.15) is 0 Å². The van der Waals surface area contributed by atoms with Gasteiger partial charge in [-0.25, -0.2) is 0 Å². The van der Waals surface area contributed by atoms with E-state index in [2.05, 4.69) is 39.3 Å². The first-order chi connectivity index (χ1) is 7.58. The van der Waals surface area contributed by atoms with Crippen LogP contribution >= 0.6 is 11.8 Å². The summed E-state index contributed by atoms with van der Waals surface area (Å²) in [5, 5.41) is 3.75. The molecule has 16 heavy (non-hydrogen) atoms. The first-order valence-corrected chi connectivity index (χ1v) is 7.84. The van der Waals surface area contributed by atoms with Gasteiger partial charge in [-0.15, -0.1) is 0 Å². The van der Waals surface area contributed by atoms with Crippen molar-refractivity contribution in [3.63, 3.8) is 0 Å². The normalized spacial score (nSPS) is 35.8. The van der Waals surface area contributed by atoms with Crippen LogP contribution in [0.4, 0.5) is 0 Å². The lowest BCUT2D eigenvalue weighted by Crippen LogP contribution is -2.63. The van der Waals surface area contributed by atoms with Gasteiger partial charge in [-0.05, 0) is 32.9 Å². The SMILES string of the molecule is CCOC1CC(NC(C)CSC)C1(C)CC. The summed E-state index contributed by atoms with van der Waals surface area (Å²) in [7, 11) is 0. The third kappa shape index (κ3) is 2.93. The van der Waals surface area contributed by atoms with Crippen LogP contribution in [0.25, 0.3) is 0 Å². The van der Waals surface area contributed by atoms with Crippen LogP contribution in [0.2, 0.25) is 0 Å². The average molecular weight is 245 g/mol. The summed E-state index contributed by atoms with van der Waals surface area (Å²) in [5.41, 5.74) is 0.336. The third-order valence-corrected chi connectivity index (χ3v) is 4.85. The van der Waals surface area contributed by atoms with Gasteiger partial charge in [-0.2, -0.15) is 11.8 Å². The first-order valence-electron chi connectivity index (χ1n) is 6.45. The van der Waals surface area contributed by atoms with Crippen molar-refractivity contribution in [3.8, 4) is 0 Å². The van der Waals surface area contributed by atoms with Crippen LogP contribution in [-0.4, -0.2) is 36.8 Å². The van der Waals surface area contributed by atoms with E-state index < -0.39 is 0 Å². The number of ether oxygens (including phenoxy) is 1. The van der Waals surface area contributed by atoms with Crippen LogP contribution in [0.5, 0.6) is 0 Å². The summed E-state index contributed by atoms with van der Waals surface area (Å²) in [5.74, 6) is 1.19. The molecule has 0 bridgehead atoms. The molecule has 1 fully saturated rings. The molecule has 3 heteroatoms. The Morgan fingerprint density at radius 2 is 2.19 bits per heavy atom. The molecule has 0 aromatic rings. The van der Waals surface area contributed by atoms with E-state index in [0.29, 0.717) is 23.6 Å². The molecule has 0 spiro atoms. The minimum atomic E-state index is 0.336. The third-order valence-electron chi connectivity index (χ3n) is 4.01. The van der Waals surface area contributed by atoms with E-state index in [1.807, 2.05) is 11.8 Å². The highest BCUT2D eigenvalue weighted by Gasteiger charge is 2.51. The predicted octanol–water partition coefficient (Wildman–Crippen LogP) is 2.92. The Morgan fingerprint density at radius 1 is 1.50 bits per heavy atom. The fourth-order valence-electron chi connectivity index (χ4n) is 2.65. The van der Waals surface area contributed by atoms with Crippen molar-refractivity contribution in [1.82, 2.24) is 5.32 Å². The molecule has 0 aliphatic heterocycles. The highest BCUT2D eigenvalue weighted by atomic mass is 32.2. The fraction of sp³-hybridized carbons (Fsp3) is 1.00. The Balaban J connectivity index is 2.45. The van der Waals surface area contributed by atoms with Crippen molar-refractivity contribution in [2.24, 2.45) is 5.41 Å². The lowest BCUT2D eigenvalue weighted by molar-refractivity contribution is -0.127. The molecule has 1 aliphatic rings. The maximum atomic E-state index is 5.81. The summed E-state index contributed by atoms with van der Waals surface area (Å²) in [6, 6.07) is 1.24. The standard InChI is InChI=1S/C13H27NOS/c1-6-13(4)11(8-12(13)15-7-2)14-10(3)9-16-5/h10-12,14H,6-9H2,1-5H3. The van der Waals surface area contributed by atoms with E-state index in [1.165, 1.54) is 18.6 Å². The molecule has 4 atom stereocenters. The van der Waals surface area contributed by atoms with E-state index in [-0.39, 0.29) is 0 Å². The van der Waals surface area contributed by atoms with E-state index in [9.17, 15) is 0 Å². The van der Waals surface area contributed by atoms with Gasteiger partial charge in [-0.1, -0.05) is 13.8 Å². The van der Waals surface area contributed by atoms with Crippen LogP contribution in [0.1, 0.15) is 40.5 Å². The van der Waals surface area contributed by atoms with Gasteiger partial charge < -0.3 is 10.1 Å². The zero-order chi connectivity index (χ0) is 12.2. The number of hydrogen-bond acceptors (Lipinski definition) is 3. The molecule has 2 nitrogen and oxygen atoms in total. The summed E-state index contributed by atoms with van der Waals surface area (Å²) in [4.78, 5) is 0. The van der Waals surface area contributed by atoms with Gasteiger partial charge in [-0.3, -0.25) is 0 Å². The van der Waals surface area contributed by atoms with Crippen LogP contribution in [0.15, 0.2) is 0 Å². The van der Waals surface area contributed by atoms with Gasteiger partial charge in [0.2, 0.25) is 0 Å². The van der Waals surface area contributed by atoms with Crippen molar-refractivity contribution in [2.75, 3.05) is 18.6 Å². The second kappa shape index (κ2) is 6.27. The lowest BCUT2D eigenvalue weighted by atomic mass is 9.61. The minimum Gasteiger partial charge on any atom is -0.378 e. The molecule has 96 valence electrons. The molecule has 1 N–H and O–H groups in total. The Bertz CT molecular complexity index is 212. The Morgan fingerprint density at radius 3 is 2.69 bits per heavy atom. The largest absolute Gasteiger partial charge is 0.378 e. The molecule has 0 aromatic carbocycles. The van der Waals surface area contributed by atoms with Gasteiger partial charge in [0.15, 0.2) is 0 Å². The first kappa shape index (κ1) is 14.3. The second-order valence-electron chi connectivity index (χ2n) is 5.11. The maximum absolute atomic E-state index is 5.81. The number of thioether (sulfide) groups is 1. The highest BCUT2D eigenvalue weighted by Crippen LogP contribution is 2.46. The van der Waals surface area contributed by atoms with Crippen LogP contribution < -0.4 is 5.32 Å². The number of rotatable bonds is 7. The molecular formula is C13H27NOS. The maximum Gasteiger partial charge on any atom is 0.0658 e. The summed E-state index contributed by atoms with van der Waals surface area (Å²) < 4.78 is 5.81. The average Bonchev–Trinajstić information content (AvgIpc) is 2.27. The predicted molar refractivity (Wildman–Crippen MR) is 73.2 cm³/mol. The quantitative estimate of drug-likeness (QED) is 0.745. The van der Waals surface area contributed by atoms with Crippen molar-refractivity contribution >= 4 is 11.8 Å². The highest BCUT2D eigenvalue weighted by molar-refractivity contribution is 7.98. The molecule has 1 aliphatic carbocycles. The van der Waals surface area contributed by atoms with Gasteiger partial charge in [0.05, 0.1) is 6.10 Å². The van der Waals surface area contributed by atoms with Crippen LogP contribution in [0.3, 0.4) is 0 Å². The van der Waals surface area contributed by atoms with Gasteiger partial charge >= 0.3 is 0 Å². The molecule has 0 saturated heterocycles. The minimum absolute atomic E-state index is 0.336. The number of nitrogens with one attached hydrogen (secondary N) is 1. The zero-order valence-electron chi connectivity index (χ0n) is 11.4. The topological polar surface area (TPSA) is 21.3 Å². The molecule has 0 radical (unpaired) electrons. The molecule has 0 aromatic heterocycles. The van der Waals surface area contributed by atoms with Crippen LogP contribution in [0, 0.1) is 5.41 Å². The summed E-state index contributed by atoms with van der Waals surface area (Å²) >= 11 is 1.91. The molecule has 1 saturated carbocycles. The van der Waals surface area contributed by atoms with Gasteiger partial charge in [0, 0.05) is 29.9 Å². The Hall–Kier alpha value is 0.270. The van der Waals surface area contributed by atoms with E-state index in [4.69, 9.17) is 4.74 Å². The molecule has 1 rings (SSSR count). The molecule has 0 heterocycles. The van der Waals surface area contributed by atoms with E-state index >= 15 is 0 Å². The van der Waals surface area contributed by atoms with Crippen LogP contribution in [-0.2, 0) is 4.74 Å². The number of hydrogen-bond donors (Lipinski definition) is 1. The van der Waals surface area contributed by atoms with Crippen molar-refractivity contribution < 1.29 is 4.74 Å². The summed E-state index contributed by atoms with van der Waals surface area (Å²) in [6.45, 7) is 9.85. The second-order valence-corrected chi connectivity index (χ2v) is 6.03. The fourth-order valence-corrected chi connectivity index (χ4v) is 3.25. The van der Waals surface area contributed by atoms with Crippen molar-refractivity contribution in [1.29, 1.82) is 0 Å². The monoisotopic (exact) mass is 245 g/mol. The smallest absolute Gasteiger partial charge is 0.0658 e. The van der Waals surface area contributed by atoms with E-state index in [1.54, 1.807) is 0 Å². The molecule has 0 amide bonds. The Kier molecular flexibility index (Phi) is 5.62. The molecular weight excluding hydrogens is 218 g/mol. The van der Waals surface area contributed by atoms with Gasteiger partial charge in [0.25, 0.3) is 0 Å². The van der Waals surface area contributed by atoms with Crippen molar-refractivity contribution in [3.05, 3.63) is 0 Å². The molecule has 4 unspecified atom stereocenters. The lowest BCUT2D eigenvalue weighted by Gasteiger charge is -2.54.